The maximum absolute atomic E-state index is 11.1. The normalized spacial score (nSPS) is 22.2. The van der Waals surface area contributed by atoms with Crippen molar-refractivity contribution in [2.24, 2.45) is 0 Å². The molecule has 6 nitrogen and oxygen atoms in total. The third-order valence-corrected chi connectivity index (χ3v) is 1.86. The van der Waals surface area contributed by atoms with Crippen LogP contribution in [-0.2, 0) is 4.79 Å². The number of rotatable bonds is 2. The molecule has 1 saturated heterocycles. The summed E-state index contributed by atoms with van der Waals surface area (Å²) in [5, 5.41) is 17.3. The number of carbonyl (C=O) groups excluding carboxylic acids is 2. The number of nitrogens with zero attached hydrogens (tertiary/aromatic N) is 2. The van der Waals surface area contributed by atoms with Gasteiger partial charge in [0.05, 0.1) is 0 Å². The summed E-state index contributed by atoms with van der Waals surface area (Å²) in [4.78, 5) is 23.9. The lowest BCUT2D eigenvalue weighted by atomic mass is 10.3. The van der Waals surface area contributed by atoms with Gasteiger partial charge in [-0.3, -0.25) is 9.69 Å². The highest BCUT2D eigenvalue weighted by molar-refractivity contribution is 6.03. The molecule has 0 aromatic rings. The van der Waals surface area contributed by atoms with Crippen LogP contribution in [0.25, 0.3) is 0 Å². The Hall–Kier alpha value is -1.14. The summed E-state index contributed by atoms with van der Waals surface area (Å²) < 4.78 is 0. The number of carbonyl (C=O) groups is 2. The van der Waals surface area contributed by atoms with Gasteiger partial charge in [-0.1, -0.05) is 7.43 Å². The molecule has 0 radical (unpaired) electrons. The van der Waals surface area contributed by atoms with Crippen molar-refractivity contribution in [2.75, 3.05) is 13.5 Å². The van der Waals surface area contributed by atoms with Gasteiger partial charge in [-0.15, -0.1) is 0 Å². The topological polar surface area (TPSA) is 81.1 Å². The Kier molecular flexibility index (Phi) is 3.83. The summed E-state index contributed by atoms with van der Waals surface area (Å²) in [6.07, 6.45) is 0. The fourth-order valence-corrected chi connectivity index (χ4v) is 1.09. The molecule has 76 valence electrons. The van der Waals surface area contributed by atoms with Crippen LogP contribution in [-0.4, -0.2) is 51.5 Å². The molecule has 0 spiro atoms. The van der Waals surface area contributed by atoms with Crippen LogP contribution in [0.1, 0.15) is 14.4 Å². The van der Waals surface area contributed by atoms with Gasteiger partial charge in [-0.05, 0) is 6.92 Å². The van der Waals surface area contributed by atoms with E-state index in [9.17, 15) is 9.59 Å². The quantitative estimate of drug-likeness (QED) is 0.557. The number of aliphatic hydroxyl groups excluding tert-OH is 2. The van der Waals surface area contributed by atoms with Crippen molar-refractivity contribution in [3.05, 3.63) is 0 Å². The van der Waals surface area contributed by atoms with E-state index in [4.69, 9.17) is 10.2 Å². The minimum Gasteiger partial charge on any atom is -0.376 e. The van der Waals surface area contributed by atoms with Crippen LogP contribution >= 0.6 is 0 Å². The number of hydrogen-bond acceptors (Lipinski definition) is 4. The molecule has 1 aliphatic rings. The van der Waals surface area contributed by atoms with Crippen molar-refractivity contribution in [1.29, 1.82) is 0 Å². The molecule has 0 aromatic heterocycles. The van der Waals surface area contributed by atoms with Crippen LogP contribution in [0.3, 0.4) is 0 Å². The van der Waals surface area contributed by atoms with E-state index in [0.717, 1.165) is 4.90 Å². The summed E-state index contributed by atoms with van der Waals surface area (Å²) >= 11 is 0. The first-order chi connectivity index (χ1) is 5.63. The van der Waals surface area contributed by atoms with Crippen LogP contribution in [0, 0.1) is 0 Å². The van der Waals surface area contributed by atoms with Crippen LogP contribution in [0.15, 0.2) is 0 Å². The molecule has 1 atom stereocenters. The Morgan fingerprint density at radius 1 is 1.31 bits per heavy atom. The molecule has 2 N–H and O–H groups in total. The lowest BCUT2D eigenvalue weighted by Gasteiger charge is -2.14. The van der Waals surface area contributed by atoms with Crippen LogP contribution < -0.4 is 0 Å². The average Bonchev–Trinajstić information content (AvgIpc) is 2.25. The van der Waals surface area contributed by atoms with Gasteiger partial charge >= 0.3 is 6.03 Å². The third kappa shape index (κ3) is 1.63. The fraction of sp³-hybridized carbons (Fsp3) is 0.714. The van der Waals surface area contributed by atoms with Crippen LogP contribution in [0.4, 0.5) is 4.79 Å². The highest BCUT2D eigenvalue weighted by Gasteiger charge is 2.41. The molecule has 1 rings (SSSR count). The van der Waals surface area contributed by atoms with Crippen LogP contribution in [0.5, 0.6) is 0 Å². The monoisotopic (exact) mass is 190 g/mol. The highest BCUT2D eigenvalue weighted by Crippen LogP contribution is 2.14. The standard InChI is InChI=1S/C6H10N2O4.CH4/c1-4-5(11)8(3-10)6(12)7(4)2-9;/h4,9-10H,2-3H2,1H3;1H4. The second kappa shape index (κ2) is 4.20. The number of aliphatic hydroxyl groups is 2. The Balaban J connectivity index is 0.00000144. The molecule has 1 heterocycles. The van der Waals surface area contributed by atoms with Crippen molar-refractivity contribution in [2.45, 2.75) is 20.4 Å². The van der Waals surface area contributed by atoms with Crippen molar-refractivity contribution in [3.63, 3.8) is 0 Å². The smallest absolute Gasteiger partial charge is 0.331 e. The molecule has 0 aromatic carbocycles. The van der Waals surface area contributed by atoms with E-state index in [1.54, 1.807) is 0 Å². The second-order valence-electron chi connectivity index (χ2n) is 2.48. The van der Waals surface area contributed by atoms with Gasteiger partial charge in [0.2, 0.25) is 0 Å². The Morgan fingerprint density at radius 3 is 2.08 bits per heavy atom. The number of hydrogen-bond donors (Lipinski definition) is 2. The Bertz CT molecular complexity index is 219. The van der Waals surface area contributed by atoms with Gasteiger partial charge in [0.25, 0.3) is 5.91 Å². The van der Waals surface area contributed by atoms with Gasteiger partial charge in [0.15, 0.2) is 0 Å². The number of amides is 3. The first-order valence-corrected chi connectivity index (χ1v) is 3.47. The van der Waals surface area contributed by atoms with Gasteiger partial charge in [-0.25, -0.2) is 9.69 Å². The maximum atomic E-state index is 11.1. The summed E-state index contributed by atoms with van der Waals surface area (Å²) in [6.45, 7) is 0.340. The van der Waals surface area contributed by atoms with E-state index in [2.05, 4.69) is 0 Å². The molecule has 1 fully saturated rings. The fourth-order valence-electron chi connectivity index (χ4n) is 1.09. The largest absolute Gasteiger partial charge is 0.376 e. The zero-order valence-electron chi connectivity index (χ0n) is 6.60. The number of urea groups is 1. The summed E-state index contributed by atoms with van der Waals surface area (Å²) in [7, 11) is 0. The minimum atomic E-state index is -0.686. The first kappa shape index (κ1) is 11.9. The zero-order chi connectivity index (χ0) is 9.30. The van der Waals surface area contributed by atoms with E-state index in [0.29, 0.717) is 4.90 Å². The molecule has 0 saturated carbocycles. The second-order valence-corrected chi connectivity index (χ2v) is 2.48. The molecule has 0 aliphatic carbocycles. The Morgan fingerprint density at radius 2 is 1.85 bits per heavy atom. The summed E-state index contributed by atoms with van der Waals surface area (Å²) in [6, 6.07) is -1.34. The predicted molar refractivity (Wildman–Crippen MR) is 44.4 cm³/mol. The SMILES string of the molecule is C.CC1C(=O)N(CO)C(=O)N1CO. The zero-order valence-corrected chi connectivity index (χ0v) is 6.60. The van der Waals surface area contributed by atoms with E-state index in [1.165, 1.54) is 6.92 Å². The molecular weight excluding hydrogens is 176 g/mol. The average molecular weight is 190 g/mol. The van der Waals surface area contributed by atoms with Crippen molar-refractivity contribution >= 4 is 11.9 Å². The van der Waals surface area contributed by atoms with Gasteiger partial charge in [0, 0.05) is 0 Å². The van der Waals surface area contributed by atoms with Crippen molar-refractivity contribution in [1.82, 2.24) is 9.80 Å². The van der Waals surface area contributed by atoms with E-state index in [-0.39, 0.29) is 7.43 Å². The highest BCUT2D eigenvalue weighted by atomic mass is 16.3. The first-order valence-electron chi connectivity index (χ1n) is 3.47. The predicted octanol–water partition coefficient (Wildman–Crippen LogP) is -0.825. The molecule has 6 heteroatoms. The van der Waals surface area contributed by atoms with Gasteiger partial charge in [0.1, 0.15) is 19.5 Å². The lowest BCUT2D eigenvalue weighted by Crippen LogP contribution is -2.34. The minimum absolute atomic E-state index is 0. The van der Waals surface area contributed by atoms with Crippen LogP contribution in [0.2, 0.25) is 0 Å². The molecule has 1 aliphatic heterocycles. The number of imide groups is 1. The summed E-state index contributed by atoms with van der Waals surface area (Å²) in [5.41, 5.74) is 0. The summed E-state index contributed by atoms with van der Waals surface area (Å²) in [5.74, 6) is -0.489. The molecule has 0 bridgehead atoms. The van der Waals surface area contributed by atoms with Crippen molar-refractivity contribution < 1.29 is 19.8 Å². The third-order valence-electron chi connectivity index (χ3n) is 1.86. The van der Waals surface area contributed by atoms with Gasteiger partial charge < -0.3 is 10.2 Å². The van der Waals surface area contributed by atoms with E-state index >= 15 is 0 Å². The molecule has 1 unspecified atom stereocenters. The van der Waals surface area contributed by atoms with E-state index in [1.807, 2.05) is 0 Å². The Labute approximate surface area is 76.4 Å². The van der Waals surface area contributed by atoms with E-state index < -0.39 is 31.4 Å². The lowest BCUT2D eigenvalue weighted by molar-refractivity contribution is -0.130. The van der Waals surface area contributed by atoms with Crippen molar-refractivity contribution in [3.8, 4) is 0 Å². The maximum Gasteiger partial charge on any atom is 0.331 e. The molecule has 13 heavy (non-hydrogen) atoms. The van der Waals surface area contributed by atoms with Gasteiger partial charge in [-0.2, -0.15) is 0 Å². The molecule has 3 amide bonds. The molecular formula is C7H14N2O4.